The number of rotatable bonds is 5. The number of nitrogens with zero attached hydrogens (tertiary/aromatic N) is 1. The van der Waals surface area contributed by atoms with Gasteiger partial charge in [0.1, 0.15) is 5.82 Å². The monoisotopic (exact) mass is 332 g/mol. The SMILES string of the molecule is CC(=O)Nc1ccc(C(=O)COC(=O)c2cccc[n+]2[O-])c(F)c1. The molecule has 0 unspecified atom stereocenters. The van der Waals surface area contributed by atoms with E-state index in [0.717, 1.165) is 12.3 Å². The zero-order valence-electron chi connectivity index (χ0n) is 12.6. The normalized spacial score (nSPS) is 10.1. The molecule has 0 fully saturated rings. The first-order valence-electron chi connectivity index (χ1n) is 6.84. The summed E-state index contributed by atoms with van der Waals surface area (Å²) in [7, 11) is 0. The molecule has 7 nitrogen and oxygen atoms in total. The number of hydrogen-bond acceptors (Lipinski definition) is 5. The first-order chi connectivity index (χ1) is 11.4. The van der Waals surface area contributed by atoms with Crippen molar-refractivity contribution in [3.63, 3.8) is 0 Å². The van der Waals surface area contributed by atoms with E-state index in [1.807, 2.05) is 0 Å². The van der Waals surface area contributed by atoms with Gasteiger partial charge < -0.3 is 15.3 Å². The Morgan fingerprint density at radius 3 is 2.62 bits per heavy atom. The van der Waals surface area contributed by atoms with Crippen LogP contribution in [0.3, 0.4) is 0 Å². The number of hydrogen-bond donors (Lipinski definition) is 1. The van der Waals surface area contributed by atoms with Crippen LogP contribution in [0, 0.1) is 11.0 Å². The Bertz CT molecular complexity index is 807. The van der Waals surface area contributed by atoms with Gasteiger partial charge in [0, 0.05) is 24.7 Å². The van der Waals surface area contributed by atoms with Crippen LogP contribution in [0.4, 0.5) is 10.1 Å². The molecule has 0 spiro atoms. The molecule has 0 atom stereocenters. The zero-order valence-corrected chi connectivity index (χ0v) is 12.6. The Labute approximate surface area is 136 Å². The van der Waals surface area contributed by atoms with Gasteiger partial charge in [-0.05, 0) is 24.3 Å². The van der Waals surface area contributed by atoms with Crippen LogP contribution in [-0.4, -0.2) is 24.3 Å². The van der Waals surface area contributed by atoms with Crippen LogP contribution < -0.4 is 10.0 Å². The van der Waals surface area contributed by atoms with Crippen molar-refractivity contribution in [3.8, 4) is 0 Å². The van der Waals surface area contributed by atoms with Gasteiger partial charge in [0.15, 0.2) is 12.8 Å². The van der Waals surface area contributed by atoms with Gasteiger partial charge in [-0.25, -0.2) is 9.18 Å². The molecule has 0 saturated heterocycles. The standard InChI is InChI=1S/C16H13FN2O5/c1-10(20)18-11-5-6-12(13(17)8-11)15(21)9-24-16(22)14-4-2-3-7-19(14)23/h2-8H,9H2,1H3,(H,18,20). The summed E-state index contributed by atoms with van der Waals surface area (Å²) >= 11 is 0. The van der Waals surface area contributed by atoms with E-state index in [0.29, 0.717) is 4.73 Å². The van der Waals surface area contributed by atoms with Crippen LogP contribution in [0.25, 0.3) is 0 Å². The van der Waals surface area contributed by atoms with Crippen molar-refractivity contribution < 1.29 is 28.2 Å². The lowest BCUT2D eigenvalue weighted by Crippen LogP contribution is -2.35. The minimum Gasteiger partial charge on any atom is -0.618 e. The molecule has 1 aromatic carbocycles. The second-order valence-corrected chi connectivity index (χ2v) is 4.79. The summed E-state index contributed by atoms with van der Waals surface area (Å²) in [5.41, 5.74) is -0.378. The van der Waals surface area contributed by atoms with Crippen molar-refractivity contribution in [1.29, 1.82) is 0 Å². The Hall–Kier alpha value is -3.29. The second-order valence-electron chi connectivity index (χ2n) is 4.79. The fourth-order valence-corrected chi connectivity index (χ4v) is 1.89. The maximum atomic E-state index is 13.9. The van der Waals surface area contributed by atoms with Crippen molar-refractivity contribution in [2.24, 2.45) is 0 Å². The molecule has 1 heterocycles. The molecule has 1 aromatic heterocycles. The number of pyridine rings is 1. The number of ketones is 1. The van der Waals surface area contributed by atoms with E-state index < -0.39 is 24.2 Å². The maximum absolute atomic E-state index is 13.9. The average Bonchev–Trinajstić information content (AvgIpc) is 2.52. The molecule has 8 heteroatoms. The summed E-state index contributed by atoms with van der Waals surface area (Å²) in [6.07, 6.45) is 1.11. The number of ether oxygens (including phenoxy) is 1. The first-order valence-corrected chi connectivity index (χ1v) is 6.84. The summed E-state index contributed by atoms with van der Waals surface area (Å²) in [6, 6.07) is 7.64. The van der Waals surface area contributed by atoms with E-state index >= 15 is 0 Å². The van der Waals surface area contributed by atoms with Gasteiger partial charge in [-0.15, -0.1) is 0 Å². The third-order valence-corrected chi connectivity index (χ3v) is 2.96. The highest BCUT2D eigenvalue weighted by Crippen LogP contribution is 2.15. The van der Waals surface area contributed by atoms with Gasteiger partial charge in [-0.2, -0.15) is 4.73 Å². The van der Waals surface area contributed by atoms with Gasteiger partial charge in [0.2, 0.25) is 11.7 Å². The fraction of sp³-hybridized carbons (Fsp3) is 0.125. The summed E-state index contributed by atoms with van der Waals surface area (Å²) in [4.78, 5) is 34.6. The van der Waals surface area contributed by atoms with Gasteiger partial charge >= 0.3 is 11.7 Å². The maximum Gasteiger partial charge on any atom is 0.405 e. The summed E-state index contributed by atoms with van der Waals surface area (Å²) in [5, 5.41) is 13.8. The Morgan fingerprint density at radius 1 is 1.25 bits per heavy atom. The number of amides is 1. The number of nitrogens with one attached hydrogen (secondary N) is 1. The quantitative estimate of drug-likeness (QED) is 0.387. The van der Waals surface area contributed by atoms with E-state index in [-0.39, 0.29) is 22.9 Å². The molecule has 0 bridgehead atoms. The van der Waals surface area contributed by atoms with Crippen molar-refractivity contribution in [1.82, 2.24) is 0 Å². The highest BCUT2D eigenvalue weighted by molar-refractivity contribution is 5.99. The predicted octanol–water partition coefficient (Wildman–Crippen LogP) is 1.46. The molecule has 1 N–H and O–H groups in total. The highest BCUT2D eigenvalue weighted by atomic mass is 19.1. The number of aromatic nitrogens is 1. The smallest absolute Gasteiger partial charge is 0.405 e. The Balaban J connectivity index is 2.04. The lowest BCUT2D eigenvalue weighted by Gasteiger charge is -2.07. The van der Waals surface area contributed by atoms with Crippen molar-refractivity contribution in [3.05, 3.63) is 64.9 Å². The summed E-state index contributed by atoms with van der Waals surface area (Å²) < 4.78 is 18.9. The van der Waals surface area contributed by atoms with E-state index in [9.17, 15) is 24.0 Å². The lowest BCUT2D eigenvalue weighted by atomic mass is 10.1. The minimum atomic E-state index is -0.991. The van der Waals surface area contributed by atoms with Gasteiger partial charge in [0.25, 0.3) is 0 Å². The van der Waals surface area contributed by atoms with Gasteiger partial charge in [-0.1, -0.05) is 0 Å². The number of anilines is 1. The number of carbonyl (C=O) groups excluding carboxylic acids is 3. The van der Waals surface area contributed by atoms with Crippen LogP contribution >= 0.6 is 0 Å². The zero-order chi connectivity index (χ0) is 17.7. The molecule has 0 aliphatic rings. The van der Waals surface area contributed by atoms with Gasteiger partial charge in [-0.3, -0.25) is 9.59 Å². The Morgan fingerprint density at radius 2 is 2.00 bits per heavy atom. The number of Topliss-reactive ketones (excluding diaryl/α,β-unsaturated/α-hetero) is 1. The second kappa shape index (κ2) is 7.32. The van der Waals surface area contributed by atoms with E-state index in [4.69, 9.17) is 4.74 Å². The molecule has 1 amide bonds. The van der Waals surface area contributed by atoms with Crippen LogP contribution in [0.5, 0.6) is 0 Å². The topological polar surface area (TPSA) is 99.4 Å². The minimum absolute atomic E-state index is 0.199. The molecule has 2 rings (SSSR count). The van der Waals surface area contributed by atoms with Crippen molar-refractivity contribution in [2.45, 2.75) is 6.92 Å². The van der Waals surface area contributed by atoms with Gasteiger partial charge in [0.05, 0.1) is 5.56 Å². The fourth-order valence-electron chi connectivity index (χ4n) is 1.89. The summed E-state index contributed by atoms with van der Waals surface area (Å²) in [5.74, 6) is -3.00. The molecule has 2 aromatic rings. The predicted molar refractivity (Wildman–Crippen MR) is 80.7 cm³/mol. The molecule has 0 aliphatic heterocycles. The van der Waals surface area contributed by atoms with E-state index in [1.54, 1.807) is 0 Å². The van der Waals surface area contributed by atoms with E-state index in [1.165, 1.54) is 37.3 Å². The third-order valence-electron chi connectivity index (χ3n) is 2.96. The molecular formula is C16H13FN2O5. The van der Waals surface area contributed by atoms with Crippen molar-refractivity contribution in [2.75, 3.05) is 11.9 Å². The van der Waals surface area contributed by atoms with Crippen molar-refractivity contribution >= 4 is 23.3 Å². The molecular weight excluding hydrogens is 319 g/mol. The first kappa shape index (κ1) is 17.1. The number of esters is 1. The number of benzene rings is 1. The Kier molecular flexibility index (Phi) is 5.20. The molecule has 124 valence electrons. The average molecular weight is 332 g/mol. The van der Waals surface area contributed by atoms with E-state index in [2.05, 4.69) is 5.32 Å². The molecule has 0 aliphatic carbocycles. The lowest BCUT2D eigenvalue weighted by molar-refractivity contribution is -0.608. The number of halogens is 1. The summed E-state index contributed by atoms with van der Waals surface area (Å²) in [6.45, 7) is 0.548. The molecule has 0 radical (unpaired) electrons. The molecule has 24 heavy (non-hydrogen) atoms. The molecule has 0 saturated carbocycles. The highest BCUT2D eigenvalue weighted by Gasteiger charge is 2.20. The van der Waals surface area contributed by atoms with Crippen LogP contribution in [0.1, 0.15) is 27.8 Å². The van der Waals surface area contributed by atoms with Crippen LogP contribution in [0.2, 0.25) is 0 Å². The number of carbonyl (C=O) groups is 3. The third kappa shape index (κ3) is 4.13. The van der Waals surface area contributed by atoms with Crippen LogP contribution in [0.15, 0.2) is 42.6 Å². The van der Waals surface area contributed by atoms with Crippen LogP contribution in [-0.2, 0) is 9.53 Å². The largest absolute Gasteiger partial charge is 0.618 e.